The Morgan fingerprint density at radius 3 is 2.31 bits per heavy atom. The Bertz CT molecular complexity index is 1390. The van der Waals surface area contributed by atoms with Crippen molar-refractivity contribution >= 4 is 40.4 Å². The highest BCUT2D eigenvalue weighted by atomic mass is 35.5. The number of amides is 2. The molecule has 3 fully saturated rings. The third-order valence-electron chi connectivity index (χ3n) is 8.18. The number of hydrogen-bond acceptors (Lipinski definition) is 4. The van der Waals surface area contributed by atoms with Crippen LogP contribution in [0.5, 0.6) is 5.75 Å². The summed E-state index contributed by atoms with van der Waals surface area (Å²) in [6.45, 7) is 0.361. The maximum atomic E-state index is 13.3. The van der Waals surface area contributed by atoms with Gasteiger partial charge >= 0.3 is 0 Å². The Morgan fingerprint density at radius 1 is 0.914 bits per heavy atom. The summed E-state index contributed by atoms with van der Waals surface area (Å²) in [5.41, 5.74) is 1.73. The summed E-state index contributed by atoms with van der Waals surface area (Å²) in [7, 11) is 0. The first kappa shape index (κ1) is 20.9. The van der Waals surface area contributed by atoms with Crippen LogP contribution in [0.25, 0.3) is 10.8 Å². The molecule has 6 heteroatoms. The van der Waals surface area contributed by atoms with E-state index in [4.69, 9.17) is 16.3 Å². The quantitative estimate of drug-likeness (QED) is 0.275. The minimum absolute atomic E-state index is 0.162. The number of benzene rings is 3. The lowest BCUT2D eigenvalue weighted by molar-refractivity contribution is -0.140. The summed E-state index contributed by atoms with van der Waals surface area (Å²) < 4.78 is 6.17. The van der Waals surface area contributed by atoms with E-state index in [0.29, 0.717) is 29.2 Å². The van der Waals surface area contributed by atoms with Gasteiger partial charge in [0.1, 0.15) is 12.4 Å². The van der Waals surface area contributed by atoms with E-state index in [1.54, 1.807) is 6.21 Å². The van der Waals surface area contributed by atoms with Gasteiger partial charge in [-0.05, 0) is 64.6 Å². The fourth-order valence-electron chi connectivity index (χ4n) is 6.45. The Labute approximate surface area is 208 Å². The van der Waals surface area contributed by atoms with Crippen molar-refractivity contribution in [3.8, 4) is 5.75 Å². The number of fused-ring (bicyclic) bond motifs is 1. The SMILES string of the molecule is O=C1[C@@H]2[C@H]3C=C[C@@H]([C@@H]4C[C@@H]34)[C@H]2C(=O)N1/N=C\c1c(OCc2ccc(Cl)cc2)ccc2ccccc12. The number of hydrazone groups is 1. The van der Waals surface area contributed by atoms with Crippen LogP contribution in [0.15, 0.2) is 77.9 Å². The lowest BCUT2D eigenvalue weighted by atomic mass is 9.63. The topological polar surface area (TPSA) is 59.0 Å². The van der Waals surface area contributed by atoms with Crippen LogP contribution in [0.3, 0.4) is 0 Å². The zero-order valence-corrected chi connectivity index (χ0v) is 19.6. The molecule has 0 spiro atoms. The number of carbonyl (C=O) groups excluding carboxylic acids is 2. The van der Waals surface area contributed by atoms with Gasteiger partial charge in [-0.1, -0.05) is 66.2 Å². The molecule has 5 aliphatic rings. The number of nitrogens with zero attached hydrogens (tertiary/aromatic N) is 2. The van der Waals surface area contributed by atoms with Gasteiger partial charge in [0.2, 0.25) is 0 Å². The molecule has 174 valence electrons. The highest BCUT2D eigenvalue weighted by Crippen LogP contribution is 2.65. The van der Waals surface area contributed by atoms with Gasteiger partial charge in [0.05, 0.1) is 18.1 Å². The molecule has 4 aliphatic carbocycles. The molecular formula is C29H23ClN2O3. The number of halogens is 1. The van der Waals surface area contributed by atoms with Crippen LogP contribution >= 0.6 is 11.6 Å². The van der Waals surface area contributed by atoms with Crippen molar-refractivity contribution in [3.05, 3.63) is 89.0 Å². The monoisotopic (exact) mass is 482 g/mol. The predicted octanol–water partition coefficient (Wildman–Crippen LogP) is 5.46. The summed E-state index contributed by atoms with van der Waals surface area (Å²) in [5.74, 6) is 1.30. The van der Waals surface area contributed by atoms with Crippen LogP contribution in [0, 0.1) is 35.5 Å². The number of rotatable bonds is 5. The van der Waals surface area contributed by atoms with Gasteiger partial charge in [0, 0.05) is 10.6 Å². The molecule has 2 bridgehead atoms. The largest absolute Gasteiger partial charge is 0.488 e. The predicted molar refractivity (Wildman–Crippen MR) is 134 cm³/mol. The van der Waals surface area contributed by atoms with Crippen molar-refractivity contribution < 1.29 is 14.3 Å². The van der Waals surface area contributed by atoms with Gasteiger partial charge in [0.15, 0.2) is 0 Å². The molecule has 2 saturated carbocycles. The van der Waals surface area contributed by atoms with Crippen molar-refractivity contribution in [2.45, 2.75) is 13.0 Å². The maximum Gasteiger partial charge on any atom is 0.254 e. The van der Waals surface area contributed by atoms with Gasteiger partial charge in [0.25, 0.3) is 11.8 Å². The average molecular weight is 483 g/mol. The Balaban J connectivity index is 1.21. The van der Waals surface area contributed by atoms with Crippen LogP contribution in [-0.2, 0) is 16.2 Å². The fourth-order valence-corrected chi connectivity index (χ4v) is 6.57. The molecule has 6 atom stereocenters. The van der Waals surface area contributed by atoms with Crippen molar-refractivity contribution in [2.75, 3.05) is 0 Å². The van der Waals surface area contributed by atoms with Crippen LogP contribution < -0.4 is 4.74 Å². The second-order valence-electron chi connectivity index (χ2n) is 10.0. The fraction of sp³-hybridized carbons (Fsp3) is 0.276. The lowest BCUT2D eigenvalue weighted by Gasteiger charge is -2.37. The minimum Gasteiger partial charge on any atom is -0.488 e. The summed E-state index contributed by atoms with van der Waals surface area (Å²) in [6.07, 6.45) is 7.10. The normalized spacial score (nSPS) is 30.3. The molecule has 8 rings (SSSR count). The van der Waals surface area contributed by atoms with Gasteiger partial charge in [-0.15, -0.1) is 0 Å². The Hall–Kier alpha value is -3.44. The smallest absolute Gasteiger partial charge is 0.254 e. The van der Waals surface area contributed by atoms with E-state index in [0.717, 1.165) is 33.3 Å². The Morgan fingerprint density at radius 2 is 1.60 bits per heavy atom. The molecule has 3 aromatic rings. The first-order chi connectivity index (χ1) is 17.1. The number of ether oxygens (including phenoxy) is 1. The van der Waals surface area contributed by atoms with E-state index < -0.39 is 0 Å². The number of allylic oxidation sites excluding steroid dienone is 2. The summed E-state index contributed by atoms with van der Waals surface area (Å²) in [6, 6.07) is 19.4. The van der Waals surface area contributed by atoms with Gasteiger partial charge in [-0.2, -0.15) is 10.1 Å². The van der Waals surface area contributed by atoms with Crippen molar-refractivity contribution in [2.24, 2.45) is 40.6 Å². The van der Waals surface area contributed by atoms with Crippen LogP contribution in [-0.4, -0.2) is 23.0 Å². The van der Waals surface area contributed by atoms with Crippen molar-refractivity contribution in [1.82, 2.24) is 5.01 Å². The minimum atomic E-state index is -0.258. The summed E-state index contributed by atoms with van der Waals surface area (Å²) in [5, 5.41) is 8.25. The lowest BCUT2D eigenvalue weighted by Crippen LogP contribution is -2.40. The molecular weight excluding hydrogens is 460 g/mol. The van der Waals surface area contributed by atoms with Crippen LogP contribution in [0.4, 0.5) is 0 Å². The first-order valence-electron chi connectivity index (χ1n) is 12.1. The van der Waals surface area contributed by atoms with E-state index in [-0.39, 0.29) is 35.5 Å². The Kier molecular flexibility index (Phi) is 4.65. The molecule has 1 heterocycles. The first-order valence-corrected chi connectivity index (χ1v) is 12.5. The van der Waals surface area contributed by atoms with E-state index in [1.807, 2.05) is 60.7 Å². The van der Waals surface area contributed by atoms with E-state index in [9.17, 15) is 9.59 Å². The molecule has 5 nitrogen and oxygen atoms in total. The highest BCUT2D eigenvalue weighted by Gasteiger charge is 2.67. The molecule has 35 heavy (non-hydrogen) atoms. The van der Waals surface area contributed by atoms with Crippen molar-refractivity contribution in [3.63, 3.8) is 0 Å². The average Bonchev–Trinajstić information content (AvgIpc) is 3.67. The molecule has 2 amide bonds. The van der Waals surface area contributed by atoms with Gasteiger partial charge in [-0.3, -0.25) is 9.59 Å². The van der Waals surface area contributed by atoms with Crippen LogP contribution in [0.1, 0.15) is 17.5 Å². The maximum absolute atomic E-state index is 13.3. The van der Waals surface area contributed by atoms with Crippen molar-refractivity contribution in [1.29, 1.82) is 0 Å². The third-order valence-corrected chi connectivity index (χ3v) is 8.43. The summed E-state index contributed by atoms with van der Waals surface area (Å²) in [4.78, 5) is 26.7. The van der Waals surface area contributed by atoms with Crippen LogP contribution in [0.2, 0.25) is 5.02 Å². The van der Waals surface area contributed by atoms with Gasteiger partial charge < -0.3 is 4.74 Å². The molecule has 0 unspecified atom stereocenters. The second-order valence-corrected chi connectivity index (χ2v) is 10.4. The number of carbonyl (C=O) groups is 2. The molecule has 0 N–H and O–H groups in total. The molecule has 1 saturated heterocycles. The zero-order valence-electron chi connectivity index (χ0n) is 18.9. The highest BCUT2D eigenvalue weighted by molar-refractivity contribution is 6.30. The third kappa shape index (κ3) is 3.25. The molecule has 3 aromatic carbocycles. The van der Waals surface area contributed by atoms with E-state index in [1.165, 1.54) is 0 Å². The van der Waals surface area contributed by atoms with Gasteiger partial charge in [-0.25, -0.2) is 0 Å². The standard InChI is InChI=1S/C29H23ClN2O3/c30-18-8-5-16(6-9-18)15-35-25-12-7-17-3-1-2-4-19(17)24(25)14-31-32-28(33)26-20-10-11-21(23-13-22(20)23)27(26)29(32)34/h1-12,14,20-23,26-27H,13,15H2/b31-14-/t20-,21-,22-,23-,26+,27+/m0/s1. The number of imide groups is 1. The number of hydrogen-bond donors (Lipinski definition) is 0. The molecule has 0 aromatic heterocycles. The second kappa shape index (κ2) is 7.79. The van der Waals surface area contributed by atoms with E-state index >= 15 is 0 Å². The molecule has 0 radical (unpaired) electrons. The summed E-state index contributed by atoms with van der Waals surface area (Å²) >= 11 is 6.00. The molecule has 1 aliphatic heterocycles. The van der Waals surface area contributed by atoms with E-state index in [2.05, 4.69) is 17.3 Å². The zero-order chi connectivity index (χ0) is 23.7.